The van der Waals surface area contributed by atoms with E-state index in [0.717, 1.165) is 22.1 Å². The fourth-order valence-corrected chi connectivity index (χ4v) is 6.28. The normalized spacial score (nSPS) is 15.0. The first-order valence-corrected chi connectivity index (χ1v) is 12.8. The summed E-state index contributed by atoms with van der Waals surface area (Å²) in [6, 6.07) is 14.6. The molecule has 0 saturated heterocycles. The van der Waals surface area contributed by atoms with Crippen molar-refractivity contribution in [1.82, 2.24) is 0 Å². The van der Waals surface area contributed by atoms with E-state index in [2.05, 4.69) is 53.2 Å². The van der Waals surface area contributed by atoms with Crippen molar-refractivity contribution in [3.05, 3.63) is 58.1 Å². The molecule has 0 unspecified atom stereocenters. The minimum atomic E-state index is -3.91. The summed E-state index contributed by atoms with van der Waals surface area (Å²) in [5.74, 6) is -0.195. The Hall–Kier alpha value is -1.87. The molecule has 152 valence electrons. The number of para-hydroxylation sites is 2. The van der Waals surface area contributed by atoms with E-state index in [9.17, 15) is 8.42 Å². The lowest BCUT2D eigenvalue weighted by Gasteiger charge is -2.02. The van der Waals surface area contributed by atoms with Crippen LogP contribution in [0.2, 0.25) is 0 Å². The number of fused-ring (bicyclic) bond motifs is 2. The van der Waals surface area contributed by atoms with Gasteiger partial charge < -0.3 is 5.32 Å². The van der Waals surface area contributed by atoms with E-state index in [1.54, 1.807) is 23.1 Å². The third kappa shape index (κ3) is 4.66. The third-order valence-corrected chi connectivity index (χ3v) is 7.78. The number of anilines is 1. The number of thiazole rings is 1. The van der Waals surface area contributed by atoms with Crippen molar-refractivity contribution >= 4 is 55.2 Å². The van der Waals surface area contributed by atoms with E-state index in [0.29, 0.717) is 19.4 Å². The average molecular weight is 448 g/mol. The molecule has 2 aromatic carbocycles. The number of thioether (sulfide) groups is 1. The van der Waals surface area contributed by atoms with E-state index in [1.807, 2.05) is 12.1 Å². The van der Waals surface area contributed by atoms with Gasteiger partial charge in [0.05, 0.1) is 22.5 Å². The van der Waals surface area contributed by atoms with Gasteiger partial charge in [-0.25, -0.2) is 0 Å². The van der Waals surface area contributed by atoms with Crippen LogP contribution in [0.3, 0.4) is 0 Å². The van der Waals surface area contributed by atoms with Gasteiger partial charge in [0.1, 0.15) is 4.70 Å². The van der Waals surface area contributed by atoms with Crippen LogP contribution >= 0.6 is 23.1 Å². The van der Waals surface area contributed by atoms with Gasteiger partial charge in [0, 0.05) is 16.9 Å². The van der Waals surface area contributed by atoms with E-state index >= 15 is 0 Å². The van der Waals surface area contributed by atoms with Crippen molar-refractivity contribution < 1.29 is 17.5 Å². The molecule has 3 aromatic rings. The number of nitrogens with one attached hydrogen (secondary N) is 1. The molecular weight excluding hydrogens is 424 g/mol. The highest BCUT2D eigenvalue weighted by atomic mass is 32.2. The molecule has 1 aliphatic rings. The van der Waals surface area contributed by atoms with Crippen molar-refractivity contribution in [3.8, 4) is 0 Å². The molecular formula is C21H23N2O3S3+. The van der Waals surface area contributed by atoms with Gasteiger partial charge in [-0.3, -0.25) is 4.55 Å². The van der Waals surface area contributed by atoms with Crippen LogP contribution in [0.1, 0.15) is 30.3 Å². The SMILES string of the molecule is CCc1cccc2sc(C=C3Nc4ccccc4S3)[n+](CCCCS(=O)(=O)O)c12. The number of aromatic nitrogens is 1. The molecule has 0 spiro atoms. The van der Waals surface area contributed by atoms with Crippen molar-refractivity contribution in [2.45, 2.75) is 37.6 Å². The lowest BCUT2D eigenvalue weighted by atomic mass is 10.1. The van der Waals surface area contributed by atoms with E-state index < -0.39 is 10.1 Å². The van der Waals surface area contributed by atoms with Crippen LogP contribution in [0.4, 0.5) is 5.69 Å². The van der Waals surface area contributed by atoms with Crippen molar-refractivity contribution in [3.63, 3.8) is 0 Å². The second-order valence-corrected chi connectivity index (χ2v) is 10.7. The number of hydrogen-bond acceptors (Lipinski definition) is 5. The molecule has 5 nitrogen and oxygen atoms in total. The van der Waals surface area contributed by atoms with E-state index in [4.69, 9.17) is 4.55 Å². The average Bonchev–Trinajstić information content (AvgIpc) is 3.25. The highest BCUT2D eigenvalue weighted by Gasteiger charge is 2.24. The molecule has 29 heavy (non-hydrogen) atoms. The fraction of sp³-hybridized carbons (Fsp3) is 0.286. The zero-order chi connectivity index (χ0) is 20.4. The predicted molar refractivity (Wildman–Crippen MR) is 121 cm³/mol. The zero-order valence-corrected chi connectivity index (χ0v) is 18.5. The largest absolute Gasteiger partial charge is 0.349 e. The Bertz CT molecular complexity index is 1160. The van der Waals surface area contributed by atoms with Gasteiger partial charge >= 0.3 is 0 Å². The summed E-state index contributed by atoms with van der Waals surface area (Å²) in [6.45, 7) is 2.86. The Morgan fingerprint density at radius 3 is 2.72 bits per heavy atom. The molecule has 0 amide bonds. The first-order chi connectivity index (χ1) is 13.9. The number of unbranched alkanes of at least 4 members (excludes halogenated alkanes) is 1. The summed E-state index contributed by atoms with van der Waals surface area (Å²) in [7, 11) is -3.91. The van der Waals surface area contributed by atoms with Gasteiger partial charge in [-0.15, -0.1) is 0 Å². The number of hydrogen-bond donors (Lipinski definition) is 2. The van der Waals surface area contributed by atoms with Crippen molar-refractivity contribution in [1.29, 1.82) is 0 Å². The Balaban J connectivity index is 1.67. The van der Waals surface area contributed by atoms with Crippen LogP contribution in [-0.2, 0) is 23.1 Å². The van der Waals surface area contributed by atoms with Crippen LogP contribution in [0.15, 0.2) is 52.4 Å². The topological polar surface area (TPSA) is 70.3 Å². The molecule has 0 bridgehead atoms. The second kappa shape index (κ2) is 8.47. The van der Waals surface area contributed by atoms with Gasteiger partial charge in [-0.2, -0.15) is 13.0 Å². The second-order valence-electron chi connectivity index (χ2n) is 6.93. The molecule has 8 heteroatoms. The first-order valence-electron chi connectivity index (χ1n) is 9.59. The van der Waals surface area contributed by atoms with Crippen LogP contribution < -0.4 is 9.88 Å². The molecule has 1 aromatic heterocycles. The lowest BCUT2D eigenvalue weighted by molar-refractivity contribution is -0.669. The summed E-state index contributed by atoms with van der Waals surface area (Å²) < 4.78 is 34.6. The molecule has 4 rings (SSSR count). The number of rotatable bonds is 7. The Kier molecular flexibility index (Phi) is 5.96. The Morgan fingerprint density at radius 2 is 1.97 bits per heavy atom. The number of benzene rings is 2. The molecule has 2 heterocycles. The minimum absolute atomic E-state index is 0.195. The summed E-state index contributed by atoms with van der Waals surface area (Å²) in [6.07, 6.45) is 4.24. The van der Waals surface area contributed by atoms with Crippen LogP contribution in [-0.4, -0.2) is 18.7 Å². The predicted octanol–water partition coefficient (Wildman–Crippen LogP) is 4.94. The number of aryl methyl sites for hydroxylation is 2. The molecule has 0 radical (unpaired) electrons. The highest BCUT2D eigenvalue weighted by molar-refractivity contribution is 8.03. The standard InChI is InChI=1S/C21H22N2O3S3/c1-2-15-8-7-11-18-21(15)23(12-5-6-13-29(24,25)26)20(28-18)14-19-22-16-9-3-4-10-17(16)27-19/h3-4,7-11,14H,2,5-6,12-13H2,1H3,(H,24,25,26)/p+1. The van der Waals surface area contributed by atoms with Crippen molar-refractivity contribution in [2.75, 3.05) is 11.1 Å². The van der Waals surface area contributed by atoms with Crippen LogP contribution in [0.5, 0.6) is 0 Å². The maximum atomic E-state index is 11.0. The zero-order valence-electron chi connectivity index (χ0n) is 16.1. The first kappa shape index (κ1) is 20.4. The van der Waals surface area contributed by atoms with E-state index in [1.165, 1.54) is 20.7 Å². The van der Waals surface area contributed by atoms with Gasteiger partial charge in [-0.1, -0.05) is 54.3 Å². The maximum absolute atomic E-state index is 11.0. The quantitative estimate of drug-likeness (QED) is 0.305. The molecule has 1 aliphatic heterocycles. The molecule has 0 fully saturated rings. The minimum Gasteiger partial charge on any atom is -0.349 e. The smallest absolute Gasteiger partial charge is 0.265 e. The Labute approximate surface area is 179 Å². The van der Waals surface area contributed by atoms with Gasteiger partial charge in [-0.05, 0) is 31.0 Å². The summed E-state index contributed by atoms with van der Waals surface area (Å²) in [5.41, 5.74) is 3.63. The van der Waals surface area contributed by atoms with Crippen LogP contribution in [0, 0.1) is 0 Å². The Morgan fingerprint density at radius 1 is 1.14 bits per heavy atom. The molecule has 0 saturated carbocycles. The fourth-order valence-electron chi connectivity index (χ4n) is 3.52. The van der Waals surface area contributed by atoms with E-state index in [-0.39, 0.29) is 5.75 Å². The molecule has 0 aliphatic carbocycles. The third-order valence-electron chi connectivity index (χ3n) is 4.87. The van der Waals surface area contributed by atoms with Crippen molar-refractivity contribution in [2.24, 2.45) is 0 Å². The van der Waals surface area contributed by atoms with Gasteiger partial charge in [0.15, 0.2) is 6.54 Å². The number of nitrogens with zero attached hydrogens (tertiary/aromatic N) is 1. The summed E-state index contributed by atoms with van der Waals surface area (Å²) >= 11 is 3.47. The van der Waals surface area contributed by atoms with Gasteiger partial charge in [0.2, 0.25) is 5.52 Å². The summed E-state index contributed by atoms with van der Waals surface area (Å²) in [5, 5.41) is 5.70. The maximum Gasteiger partial charge on any atom is 0.265 e. The monoisotopic (exact) mass is 447 g/mol. The van der Waals surface area contributed by atoms with Crippen LogP contribution in [0.25, 0.3) is 16.3 Å². The molecule has 2 N–H and O–H groups in total. The summed E-state index contributed by atoms with van der Waals surface area (Å²) in [4.78, 5) is 1.22. The highest BCUT2D eigenvalue weighted by Crippen LogP contribution is 2.41. The lowest BCUT2D eigenvalue weighted by Crippen LogP contribution is -2.36. The molecule has 0 atom stereocenters. The van der Waals surface area contributed by atoms with Gasteiger partial charge in [0.25, 0.3) is 15.1 Å².